The van der Waals surface area contributed by atoms with Crippen LogP contribution in [-0.2, 0) is 35.2 Å². The van der Waals surface area contributed by atoms with Crippen LogP contribution in [0.5, 0.6) is 5.75 Å². The van der Waals surface area contributed by atoms with E-state index in [1.54, 1.807) is 30.3 Å². The molecule has 0 aromatic heterocycles. The molecule has 0 aliphatic rings. The standard InChI is InChI=1S/C30H38N6O9/c1-16(25(40)31-15-24(38)39)35-30(45)23(14-20-10-12-22(37)13-11-20)36-28(43)19(4)33-26(41)17(2)32-27(42)18(3)34-29(44)21-8-6-5-7-9-21/h5-13,16-19,23,37H,14-15H2,1-4H3,(H,31,40)(H,32,42)(H,33,41)(H,34,44)(H,35,45)(H,36,43)(H,38,39)/t16-,17-,18-,19-,23-/m0/s1. The highest BCUT2D eigenvalue weighted by atomic mass is 16.4. The van der Waals surface area contributed by atoms with Gasteiger partial charge in [0.05, 0.1) is 0 Å². The minimum absolute atomic E-state index is 0.0157. The number of hydrogen-bond acceptors (Lipinski definition) is 8. The van der Waals surface area contributed by atoms with Gasteiger partial charge in [-0.3, -0.25) is 33.6 Å². The lowest BCUT2D eigenvalue weighted by atomic mass is 10.0. The van der Waals surface area contributed by atoms with Gasteiger partial charge in [-0.2, -0.15) is 0 Å². The van der Waals surface area contributed by atoms with Crippen molar-refractivity contribution in [1.82, 2.24) is 31.9 Å². The number of benzene rings is 2. The molecule has 15 nitrogen and oxygen atoms in total. The molecule has 2 aromatic carbocycles. The van der Waals surface area contributed by atoms with E-state index >= 15 is 0 Å². The Labute approximate surface area is 259 Å². The maximum atomic E-state index is 13.1. The number of carboxylic acids is 1. The van der Waals surface area contributed by atoms with Gasteiger partial charge in [0.1, 0.15) is 42.5 Å². The normalized spacial score (nSPS) is 13.9. The van der Waals surface area contributed by atoms with Gasteiger partial charge in [0.25, 0.3) is 5.91 Å². The fourth-order valence-electron chi connectivity index (χ4n) is 3.81. The number of nitrogens with one attached hydrogen (secondary N) is 6. The van der Waals surface area contributed by atoms with Crippen LogP contribution in [0.3, 0.4) is 0 Å². The second-order valence-corrected chi connectivity index (χ2v) is 10.3. The van der Waals surface area contributed by atoms with E-state index in [4.69, 9.17) is 5.11 Å². The molecular formula is C30H38N6O9. The lowest BCUT2D eigenvalue weighted by Crippen LogP contribution is -2.58. The van der Waals surface area contributed by atoms with Gasteiger partial charge in [0.2, 0.25) is 29.5 Å². The maximum absolute atomic E-state index is 13.1. The smallest absolute Gasteiger partial charge is 0.322 e. The Balaban J connectivity index is 2.00. The molecule has 0 saturated heterocycles. The fourth-order valence-corrected chi connectivity index (χ4v) is 3.81. The van der Waals surface area contributed by atoms with Crippen molar-refractivity contribution in [2.45, 2.75) is 64.3 Å². The summed E-state index contributed by atoms with van der Waals surface area (Å²) in [5.41, 5.74) is 0.911. The van der Waals surface area contributed by atoms with Crippen LogP contribution >= 0.6 is 0 Å². The van der Waals surface area contributed by atoms with Gasteiger partial charge in [0.15, 0.2) is 0 Å². The first-order valence-electron chi connectivity index (χ1n) is 14.0. The Morgan fingerprint density at radius 1 is 0.600 bits per heavy atom. The summed E-state index contributed by atoms with van der Waals surface area (Å²) in [7, 11) is 0. The highest BCUT2D eigenvalue weighted by molar-refractivity contribution is 5.99. The second kappa shape index (κ2) is 17.0. The highest BCUT2D eigenvalue weighted by Crippen LogP contribution is 2.12. The van der Waals surface area contributed by atoms with Crippen molar-refractivity contribution < 1.29 is 43.8 Å². The van der Waals surface area contributed by atoms with Gasteiger partial charge in [0, 0.05) is 12.0 Å². The largest absolute Gasteiger partial charge is 0.508 e. The van der Waals surface area contributed by atoms with E-state index in [2.05, 4.69) is 31.9 Å². The van der Waals surface area contributed by atoms with Crippen molar-refractivity contribution in [2.24, 2.45) is 0 Å². The molecule has 0 spiro atoms. The number of amides is 6. The van der Waals surface area contributed by atoms with E-state index < -0.39 is 78.2 Å². The zero-order chi connectivity index (χ0) is 33.7. The number of rotatable bonds is 15. The van der Waals surface area contributed by atoms with Crippen molar-refractivity contribution in [2.75, 3.05) is 6.54 Å². The Bertz CT molecular complexity index is 1380. The van der Waals surface area contributed by atoms with Gasteiger partial charge < -0.3 is 42.1 Å². The lowest BCUT2D eigenvalue weighted by molar-refractivity contribution is -0.138. The van der Waals surface area contributed by atoms with Gasteiger partial charge in [-0.1, -0.05) is 30.3 Å². The number of phenolic OH excluding ortho intramolecular Hbond substituents is 1. The Morgan fingerprint density at radius 2 is 1.07 bits per heavy atom. The molecule has 0 unspecified atom stereocenters. The molecule has 8 N–H and O–H groups in total. The molecule has 0 aliphatic heterocycles. The molecule has 242 valence electrons. The average molecular weight is 627 g/mol. The van der Waals surface area contributed by atoms with Gasteiger partial charge in [-0.05, 0) is 57.5 Å². The summed E-state index contributed by atoms with van der Waals surface area (Å²) in [6.07, 6.45) is -0.0545. The molecule has 0 heterocycles. The number of aromatic hydroxyl groups is 1. The molecule has 0 bridgehead atoms. The zero-order valence-corrected chi connectivity index (χ0v) is 25.2. The minimum atomic E-state index is -1.27. The maximum Gasteiger partial charge on any atom is 0.322 e. The SMILES string of the molecule is C[C@H](NC(=O)c1ccccc1)C(=O)N[C@@H](C)C(=O)N[C@@H](C)C(=O)N[C@@H](Cc1ccc(O)cc1)C(=O)N[C@@H](C)C(=O)NCC(=O)O. The number of carbonyl (C=O) groups excluding carboxylic acids is 6. The minimum Gasteiger partial charge on any atom is -0.508 e. The molecule has 0 fully saturated rings. The molecule has 0 saturated carbocycles. The van der Waals surface area contributed by atoms with Crippen LogP contribution in [0.4, 0.5) is 0 Å². The summed E-state index contributed by atoms with van der Waals surface area (Å²) in [4.78, 5) is 86.6. The van der Waals surface area contributed by atoms with E-state index in [1.165, 1.54) is 52.0 Å². The Kier molecular flexibility index (Phi) is 13.5. The Hall–Kier alpha value is -5.47. The fraction of sp³-hybridized carbons (Fsp3) is 0.367. The summed E-state index contributed by atoms with van der Waals surface area (Å²) in [5.74, 6) is -5.38. The summed E-state index contributed by atoms with van der Waals surface area (Å²) >= 11 is 0. The van der Waals surface area contributed by atoms with E-state index in [1.807, 2.05) is 0 Å². The van der Waals surface area contributed by atoms with Gasteiger partial charge >= 0.3 is 5.97 Å². The predicted molar refractivity (Wildman–Crippen MR) is 161 cm³/mol. The van der Waals surface area contributed by atoms with Crippen LogP contribution in [0.1, 0.15) is 43.6 Å². The molecule has 15 heteroatoms. The third-order valence-corrected chi connectivity index (χ3v) is 6.46. The monoisotopic (exact) mass is 626 g/mol. The zero-order valence-electron chi connectivity index (χ0n) is 25.2. The van der Waals surface area contributed by atoms with Crippen molar-refractivity contribution >= 4 is 41.4 Å². The number of carboxylic acid groups (broad SMARTS) is 1. The summed E-state index contributed by atoms with van der Waals surface area (Å²) < 4.78 is 0. The number of carbonyl (C=O) groups is 7. The van der Waals surface area contributed by atoms with Gasteiger partial charge in [-0.25, -0.2) is 0 Å². The first-order chi connectivity index (χ1) is 21.2. The second-order valence-electron chi connectivity index (χ2n) is 10.3. The first-order valence-corrected chi connectivity index (χ1v) is 14.0. The van der Waals surface area contributed by atoms with Crippen molar-refractivity contribution in [3.05, 3.63) is 65.7 Å². The van der Waals surface area contributed by atoms with Crippen LogP contribution in [0, 0.1) is 0 Å². The van der Waals surface area contributed by atoms with E-state index in [0.717, 1.165) is 0 Å². The summed E-state index contributed by atoms with van der Waals surface area (Å²) in [6.45, 7) is 4.89. The van der Waals surface area contributed by atoms with Crippen LogP contribution in [-0.4, -0.2) is 88.4 Å². The van der Waals surface area contributed by atoms with E-state index in [-0.39, 0.29) is 12.2 Å². The van der Waals surface area contributed by atoms with Gasteiger partial charge in [-0.15, -0.1) is 0 Å². The number of hydrogen-bond donors (Lipinski definition) is 8. The Morgan fingerprint density at radius 3 is 1.60 bits per heavy atom. The van der Waals surface area contributed by atoms with Crippen molar-refractivity contribution in [3.8, 4) is 5.75 Å². The molecule has 6 amide bonds. The molecule has 0 radical (unpaired) electrons. The summed E-state index contributed by atoms with van der Waals surface area (Å²) in [5, 5.41) is 32.9. The van der Waals surface area contributed by atoms with E-state index in [9.17, 15) is 38.7 Å². The molecule has 45 heavy (non-hydrogen) atoms. The molecule has 2 aromatic rings. The molecular weight excluding hydrogens is 588 g/mol. The third kappa shape index (κ3) is 12.0. The van der Waals surface area contributed by atoms with E-state index in [0.29, 0.717) is 11.1 Å². The number of phenols is 1. The predicted octanol–water partition coefficient (Wildman–Crippen LogP) is -1.05. The quantitative estimate of drug-likeness (QED) is 0.120. The number of aliphatic carboxylic acids is 1. The lowest BCUT2D eigenvalue weighted by Gasteiger charge is -2.24. The molecule has 2 rings (SSSR count). The van der Waals surface area contributed by atoms with Crippen molar-refractivity contribution in [3.63, 3.8) is 0 Å². The van der Waals surface area contributed by atoms with Crippen LogP contribution in [0.25, 0.3) is 0 Å². The van der Waals surface area contributed by atoms with Crippen LogP contribution in [0.2, 0.25) is 0 Å². The average Bonchev–Trinajstić information content (AvgIpc) is 3.00. The molecule has 0 aliphatic carbocycles. The third-order valence-electron chi connectivity index (χ3n) is 6.46. The molecule has 5 atom stereocenters. The van der Waals surface area contributed by atoms with Crippen LogP contribution in [0.15, 0.2) is 54.6 Å². The van der Waals surface area contributed by atoms with Crippen molar-refractivity contribution in [1.29, 1.82) is 0 Å². The topological polar surface area (TPSA) is 232 Å². The highest BCUT2D eigenvalue weighted by Gasteiger charge is 2.29. The summed E-state index contributed by atoms with van der Waals surface area (Å²) in [6, 6.07) is 8.50. The first kappa shape index (κ1) is 35.7. The van der Waals surface area contributed by atoms with Crippen LogP contribution < -0.4 is 31.9 Å².